The molecule has 1 aliphatic rings. The van der Waals surface area contributed by atoms with E-state index in [0.717, 1.165) is 18.9 Å². The average Bonchev–Trinajstić information content (AvgIpc) is 3.10. The number of carbonyl (C=O) groups excluding carboxylic acids is 1. The van der Waals surface area contributed by atoms with E-state index in [9.17, 15) is 23.3 Å². The number of aromatic amines is 1. The first-order chi connectivity index (χ1) is 12.7. The molecule has 1 aromatic carbocycles. The minimum Gasteiger partial charge on any atom is -0.365 e. The second-order valence-corrected chi connectivity index (χ2v) is 7.86. The molecule has 0 unspecified atom stereocenters. The highest BCUT2D eigenvalue weighted by molar-refractivity contribution is 7.89. The molecule has 0 radical (unpaired) electrons. The molecule has 3 rings (SSSR count). The molecular formula is C15H18N6O5S. The lowest BCUT2D eigenvalue weighted by molar-refractivity contribution is -0.384. The summed E-state index contributed by atoms with van der Waals surface area (Å²) in [6, 6.07) is 3.58. The van der Waals surface area contributed by atoms with Crippen LogP contribution in [0.3, 0.4) is 0 Å². The number of aromatic nitrogens is 2. The number of amides is 1. The van der Waals surface area contributed by atoms with Gasteiger partial charge in [0.1, 0.15) is 5.69 Å². The van der Waals surface area contributed by atoms with Gasteiger partial charge in [0.2, 0.25) is 10.0 Å². The van der Waals surface area contributed by atoms with Gasteiger partial charge in [-0.25, -0.2) is 13.6 Å². The number of sulfonamides is 1. The smallest absolute Gasteiger partial charge is 0.293 e. The van der Waals surface area contributed by atoms with Crippen LogP contribution in [0.15, 0.2) is 29.3 Å². The zero-order valence-electron chi connectivity index (χ0n) is 14.2. The van der Waals surface area contributed by atoms with Gasteiger partial charge in [-0.1, -0.05) is 0 Å². The first-order valence-electron chi connectivity index (χ1n) is 8.07. The molecule has 1 aliphatic heterocycles. The van der Waals surface area contributed by atoms with E-state index in [-0.39, 0.29) is 22.2 Å². The predicted molar refractivity (Wildman–Crippen MR) is 95.8 cm³/mol. The van der Waals surface area contributed by atoms with E-state index >= 15 is 0 Å². The number of nitrogens with two attached hydrogens (primary N) is 2. The summed E-state index contributed by atoms with van der Waals surface area (Å²) in [5, 5.41) is 23.2. The highest BCUT2D eigenvalue weighted by atomic mass is 32.2. The molecule has 0 saturated carbocycles. The van der Waals surface area contributed by atoms with Gasteiger partial charge in [-0.3, -0.25) is 20.0 Å². The number of primary amides is 1. The lowest BCUT2D eigenvalue weighted by Gasteiger charge is -2.34. The van der Waals surface area contributed by atoms with Gasteiger partial charge in [0.15, 0.2) is 0 Å². The number of piperidine rings is 1. The Hall–Kier alpha value is -2.99. The van der Waals surface area contributed by atoms with E-state index in [4.69, 9.17) is 10.9 Å². The standard InChI is InChI=1S/C15H18N6O5S/c16-15(22)11-7-18-19-14(11)9-2-1-5-20(8-9)12-4-3-10(27(17,25)26)6-13(12)21(23)24/h3-4,6-7,9H,1-2,5,8H2,(H2,16,22)(H,18,19)(H2,17,25,26)/t9-/m1/s1. The van der Waals surface area contributed by atoms with Gasteiger partial charge >= 0.3 is 0 Å². The number of H-pyrrole nitrogens is 1. The van der Waals surface area contributed by atoms with Crippen LogP contribution in [-0.2, 0) is 10.0 Å². The molecule has 1 fully saturated rings. The third-order valence-corrected chi connectivity index (χ3v) is 5.49. The van der Waals surface area contributed by atoms with Crippen molar-refractivity contribution in [1.82, 2.24) is 10.2 Å². The van der Waals surface area contributed by atoms with Gasteiger partial charge in [0, 0.05) is 25.1 Å². The Bertz CT molecular complexity index is 1000. The van der Waals surface area contributed by atoms with E-state index in [1.54, 1.807) is 4.90 Å². The molecule has 0 aliphatic carbocycles. The van der Waals surface area contributed by atoms with Crippen molar-refractivity contribution < 1.29 is 18.1 Å². The summed E-state index contributed by atoms with van der Waals surface area (Å²) >= 11 is 0. The largest absolute Gasteiger partial charge is 0.365 e. The van der Waals surface area contributed by atoms with Crippen molar-refractivity contribution in [2.75, 3.05) is 18.0 Å². The molecule has 0 bridgehead atoms. The summed E-state index contributed by atoms with van der Waals surface area (Å²) in [4.78, 5) is 23.8. The van der Waals surface area contributed by atoms with Crippen LogP contribution in [-0.4, -0.2) is 42.5 Å². The van der Waals surface area contributed by atoms with E-state index < -0.39 is 20.9 Å². The van der Waals surface area contributed by atoms with Gasteiger partial charge in [-0.2, -0.15) is 5.10 Å². The maximum atomic E-state index is 11.5. The maximum absolute atomic E-state index is 11.5. The summed E-state index contributed by atoms with van der Waals surface area (Å²) in [6.07, 6.45) is 2.83. The fourth-order valence-electron chi connectivity index (χ4n) is 3.33. The van der Waals surface area contributed by atoms with Gasteiger partial charge in [0.25, 0.3) is 11.6 Å². The van der Waals surface area contributed by atoms with E-state index in [1.165, 1.54) is 18.3 Å². The highest BCUT2D eigenvalue weighted by Crippen LogP contribution is 2.36. The van der Waals surface area contributed by atoms with Crippen molar-refractivity contribution in [1.29, 1.82) is 0 Å². The quantitative estimate of drug-likeness (QED) is 0.486. The van der Waals surface area contributed by atoms with Crippen molar-refractivity contribution in [2.45, 2.75) is 23.7 Å². The molecule has 12 heteroatoms. The number of hydrogen-bond donors (Lipinski definition) is 3. The van der Waals surface area contributed by atoms with Gasteiger partial charge in [-0.15, -0.1) is 0 Å². The van der Waals surface area contributed by atoms with Crippen LogP contribution in [0.1, 0.15) is 34.8 Å². The minimum atomic E-state index is -4.06. The number of nitrogens with zero attached hydrogens (tertiary/aromatic N) is 3. The topological polar surface area (TPSA) is 178 Å². The molecule has 2 aromatic rings. The van der Waals surface area contributed by atoms with Crippen LogP contribution < -0.4 is 15.8 Å². The lowest BCUT2D eigenvalue weighted by atomic mass is 9.92. The molecule has 5 N–H and O–H groups in total. The van der Waals surface area contributed by atoms with Crippen LogP contribution in [0.5, 0.6) is 0 Å². The molecule has 1 atom stereocenters. The number of nitrogens with one attached hydrogen (secondary N) is 1. The van der Waals surface area contributed by atoms with Crippen molar-refractivity contribution in [3.8, 4) is 0 Å². The third-order valence-electron chi connectivity index (χ3n) is 4.58. The Morgan fingerprint density at radius 2 is 2.15 bits per heavy atom. The fraction of sp³-hybridized carbons (Fsp3) is 0.333. The predicted octanol–water partition coefficient (Wildman–Crippen LogP) is 0.448. The average molecular weight is 394 g/mol. The van der Waals surface area contributed by atoms with Crippen molar-refractivity contribution >= 4 is 27.3 Å². The van der Waals surface area contributed by atoms with E-state index in [2.05, 4.69) is 10.2 Å². The summed E-state index contributed by atoms with van der Waals surface area (Å²) in [5.41, 5.74) is 6.19. The number of hydrogen-bond acceptors (Lipinski definition) is 7. The van der Waals surface area contributed by atoms with Crippen LogP contribution in [0.4, 0.5) is 11.4 Å². The fourth-order valence-corrected chi connectivity index (χ4v) is 3.86. The van der Waals surface area contributed by atoms with Crippen molar-refractivity contribution in [3.63, 3.8) is 0 Å². The summed E-state index contributed by atoms with van der Waals surface area (Å²) in [6.45, 7) is 0.935. The Balaban J connectivity index is 1.95. The summed E-state index contributed by atoms with van der Waals surface area (Å²) < 4.78 is 23.0. The van der Waals surface area contributed by atoms with E-state index in [0.29, 0.717) is 24.3 Å². The van der Waals surface area contributed by atoms with Crippen molar-refractivity contribution in [3.05, 3.63) is 45.8 Å². The van der Waals surface area contributed by atoms with Gasteiger partial charge in [-0.05, 0) is 25.0 Å². The monoisotopic (exact) mass is 394 g/mol. The molecule has 2 heterocycles. The second-order valence-electron chi connectivity index (χ2n) is 6.30. The Kier molecular flexibility index (Phi) is 4.85. The normalized spacial score (nSPS) is 17.7. The van der Waals surface area contributed by atoms with Crippen LogP contribution in [0.2, 0.25) is 0 Å². The molecule has 27 heavy (non-hydrogen) atoms. The van der Waals surface area contributed by atoms with Crippen LogP contribution >= 0.6 is 0 Å². The molecule has 1 aromatic heterocycles. The zero-order valence-corrected chi connectivity index (χ0v) is 15.0. The number of benzene rings is 1. The highest BCUT2D eigenvalue weighted by Gasteiger charge is 2.30. The molecule has 144 valence electrons. The number of nitro groups is 1. The number of anilines is 1. The molecule has 1 saturated heterocycles. The number of nitro benzene ring substituents is 1. The van der Waals surface area contributed by atoms with Crippen molar-refractivity contribution in [2.24, 2.45) is 10.9 Å². The number of primary sulfonamides is 1. The molecule has 0 spiro atoms. The summed E-state index contributed by atoms with van der Waals surface area (Å²) in [5.74, 6) is -0.722. The first kappa shape index (κ1) is 18.8. The Morgan fingerprint density at radius 1 is 1.41 bits per heavy atom. The molecule has 1 amide bonds. The first-order valence-corrected chi connectivity index (χ1v) is 9.62. The van der Waals surface area contributed by atoms with Crippen LogP contribution in [0.25, 0.3) is 0 Å². The SMILES string of the molecule is NC(=O)c1cn[nH]c1[C@@H]1CCCN(c2ccc(S(N)(=O)=O)cc2[N+](=O)[O-])C1. The zero-order chi connectivity index (χ0) is 19.8. The van der Waals surface area contributed by atoms with Gasteiger partial charge < -0.3 is 10.6 Å². The lowest BCUT2D eigenvalue weighted by Crippen LogP contribution is -2.35. The van der Waals surface area contributed by atoms with Crippen LogP contribution in [0, 0.1) is 10.1 Å². The summed E-state index contributed by atoms with van der Waals surface area (Å²) in [7, 11) is -4.06. The molecule has 11 nitrogen and oxygen atoms in total. The Morgan fingerprint density at radius 3 is 2.78 bits per heavy atom. The maximum Gasteiger partial charge on any atom is 0.293 e. The third kappa shape index (κ3) is 3.75. The number of rotatable bonds is 5. The minimum absolute atomic E-state index is 0.124. The van der Waals surface area contributed by atoms with Gasteiger partial charge in [0.05, 0.1) is 27.3 Å². The van der Waals surface area contributed by atoms with E-state index in [1.807, 2.05) is 0 Å². The molecular weight excluding hydrogens is 376 g/mol. The Labute approximate surface area is 154 Å². The second kappa shape index (κ2) is 6.96. The number of carbonyl (C=O) groups is 1.